The molecule has 0 spiro atoms. The van der Waals surface area contributed by atoms with Crippen molar-refractivity contribution in [3.05, 3.63) is 71.0 Å². The first kappa shape index (κ1) is 15.3. The molecule has 4 nitrogen and oxygen atoms in total. The number of hydrogen-bond acceptors (Lipinski definition) is 4. The number of benzene rings is 2. The van der Waals surface area contributed by atoms with E-state index in [2.05, 4.69) is 39.7 Å². The predicted octanol–water partition coefficient (Wildman–Crippen LogP) is 5.23. The van der Waals surface area contributed by atoms with Crippen molar-refractivity contribution in [2.75, 3.05) is 10.6 Å². The number of aromatic nitrogens is 2. The minimum Gasteiger partial charge on any atom is -0.340 e. The van der Waals surface area contributed by atoms with Crippen molar-refractivity contribution in [3.8, 4) is 0 Å². The van der Waals surface area contributed by atoms with Gasteiger partial charge in [-0.1, -0.05) is 41.4 Å². The summed E-state index contributed by atoms with van der Waals surface area (Å²) in [5.74, 6) is 2.10. The average Bonchev–Trinajstić information content (AvgIpc) is 2.51. The lowest BCUT2D eigenvalue weighted by molar-refractivity contribution is 1.06. The lowest BCUT2D eigenvalue weighted by Crippen LogP contribution is -2.01. The fraction of sp³-hybridized carbons (Fsp3) is 0.111. The number of anilines is 4. The average molecular weight is 325 g/mol. The molecule has 0 saturated heterocycles. The molecule has 2 N–H and O–H groups in total. The molecule has 0 aliphatic heterocycles. The molecule has 0 unspecified atom stereocenters. The van der Waals surface area contributed by atoms with Gasteiger partial charge in [0, 0.05) is 11.8 Å². The molecule has 0 atom stereocenters. The Morgan fingerprint density at radius 1 is 0.826 bits per heavy atom. The van der Waals surface area contributed by atoms with E-state index in [1.165, 1.54) is 5.56 Å². The zero-order chi connectivity index (χ0) is 16.2. The molecular formula is C18H17ClN4. The van der Waals surface area contributed by atoms with E-state index in [1.807, 2.05) is 49.4 Å². The summed E-state index contributed by atoms with van der Waals surface area (Å²) in [5.41, 5.74) is 3.02. The van der Waals surface area contributed by atoms with Gasteiger partial charge < -0.3 is 10.6 Å². The normalized spacial score (nSPS) is 10.4. The van der Waals surface area contributed by atoms with E-state index in [1.54, 1.807) is 0 Å². The van der Waals surface area contributed by atoms with Crippen molar-refractivity contribution < 1.29 is 0 Å². The zero-order valence-corrected chi connectivity index (χ0v) is 13.7. The van der Waals surface area contributed by atoms with Gasteiger partial charge in [-0.3, -0.25) is 0 Å². The van der Waals surface area contributed by atoms with Crippen LogP contribution in [0.5, 0.6) is 0 Å². The highest BCUT2D eigenvalue weighted by atomic mass is 35.5. The molecule has 116 valence electrons. The molecule has 0 saturated carbocycles. The quantitative estimate of drug-likeness (QED) is 0.689. The fourth-order valence-electron chi connectivity index (χ4n) is 2.18. The van der Waals surface area contributed by atoms with Gasteiger partial charge in [0.2, 0.25) is 0 Å². The van der Waals surface area contributed by atoms with Crippen LogP contribution in [-0.2, 0) is 0 Å². The van der Waals surface area contributed by atoms with Crippen LogP contribution >= 0.6 is 11.6 Å². The molecule has 2 aromatic carbocycles. The summed E-state index contributed by atoms with van der Waals surface area (Å²) in [6, 6.07) is 17.6. The smallest absolute Gasteiger partial charge is 0.136 e. The Kier molecular flexibility index (Phi) is 4.44. The highest BCUT2D eigenvalue weighted by molar-refractivity contribution is 6.33. The van der Waals surface area contributed by atoms with Crippen molar-refractivity contribution >= 4 is 34.6 Å². The van der Waals surface area contributed by atoms with Crippen molar-refractivity contribution in [2.24, 2.45) is 0 Å². The molecule has 1 heterocycles. The number of rotatable bonds is 4. The molecule has 0 fully saturated rings. The summed E-state index contributed by atoms with van der Waals surface area (Å²) in [4.78, 5) is 8.83. The van der Waals surface area contributed by atoms with Crippen molar-refractivity contribution in [1.82, 2.24) is 9.97 Å². The van der Waals surface area contributed by atoms with Gasteiger partial charge in [-0.05, 0) is 38.1 Å². The van der Waals surface area contributed by atoms with Gasteiger partial charge in [-0.2, -0.15) is 0 Å². The lowest BCUT2D eigenvalue weighted by atomic mass is 10.2. The molecule has 5 heteroatoms. The highest BCUT2D eigenvalue weighted by Gasteiger charge is 2.05. The highest BCUT2D eigenvalue weighted by Crippen LogP contribution is 2.25. The van der Waals surface area contributed by atoms with E-state index < -0.39 is 0 Å². The number of hydrogen-bond donors (Lipinski definition) is 2. The number of halogens is 1. The van der Waals surface area contributed by atoms with E-state index in [-0.39, 0.29) is 0 Å². The van der Waals surface area contributed by atoms with Gasteiger partial charge in [0.15, 0.2) is 0 Å². The van der Waals surface area contributed by atoms with E-state index in [4.69, 9.17) is 11.6 Å². The number of para-hydroxylation sites is 1. The van der Waals surface area contributed by atoms with Crippen LogP contribution in [0.15, 0.2) is 54.6 Å². The van der Waals surface area contributed by atoms with Gasteiger partial charge in [0.05, 0.1) is 10.7 Å². The van der Waals surface area contributed by atoms with Gasteiger partial charge >= 0.3 is 0 Å². The van der Waals surface area contributed by atoms with Gasteiger partial charge in [-0.15, -0.1) is 0 Å². The summed E-state index contributed by atoms with van der Waals surface area (Å²) in [6.07, 6.45) is 0. The first-order valence-corrected chi connectivity index (χ1v) is 7.69. The van der Waals surface area contributed by atoms with Crippen LogP contribution in [0.1, 0.15) is 11.4 Å². The van der Waals surface area contributed by atoms with E-state index in [0.717, 1.165) is 17.2 Å². The third-order valence-corrected chi connectivity index (χ3v) is 3.63. The Morgan fingerprint density at radius 2 is 1.48 bits per heavy atom. The first-order chi connectivity index (χ1) is 11.1. The molecule has 3 aromatic rings. The maximum atomic E-state index is 6.18. The largest absolute Gasteiger partial charge is 0.340 e. The minimum atomic E-state index is 0.650. The standard InChI is InChI=1S/C18H17ClN4/c1-12-7-9-14(10-8-12)22-17-11-18(21-13(2)20-17)23-16-6-4-3-5-15(16)19/h3-11H,1-2H3,(H2,20,21,22,23). The summed E-state index contributed by atoms with van der Waals surface area (Å²) in [6.45, 7) is 3.92. The molecule has 3 rings (SSSR count). The van der Waals surface area contributed by atoms with Gasteiger partial charge in [0.25, 0.3) is 0 Å². The second-order valence-electron chi connectivity index (χ2n) is 5.28. The van der Waals surface area contributed by atoms with Gasteiger partial charge in [0.1, 0.15) is 17.5 Å². The maximum Gasteiger partial charge on any atom is 0.136 e. The SMILES string of the molecule is Cc1ccc(Nc2cc(Nc3ccccc3Cl)nc(C)n2)cc1. The van der Waals surface area contributed by atoms with Crippen molar-refractivity contribution in [3.63, 3.8) is 0 Å². The third-order valence-electron chi connectivity index (χ3n) is 3.30. The lowest BCUT2D eigenvalue weighted by Gasteiger charge is -2.11. The Morgan fingerprint density at radius 3 is 2.17 bits per heavy atom. The van der Waals surface area contributed by atoms with E-state index >= 15 is 0 Å². The van der Waals surface area contributed by atoms with Crippen molar-refractivity contribution in [1.29, 1.82) is 0 Å². The summed E-state index contributed by atoms with van der Waals surface area (Å²) in [7, 11) is 0. The van der Waals surface area contributed by atoms with Crippen LogP contribution in [0.2, 0.25) is 5.02 Å². The molecule has 0 aliphatic carbocycles. The second kappa shape index (κ2) is 6.67. The van der Waals surface area contributed by atoms with Crippen LogP contribution in [0.25, 0.3) is 0 Å². The molecular weight excluding hydrogens is 308 g/mol. The zero-order valence-electron chi connectivity index (χ0n) is 13.0. The number of nitrogens with zero attached hydrogens (tertiary/aromatic N) is 2. The monoisotopic (exact) mass is 324 g/mol. The molecule has 23 heavy (non-hydrogen) atoms. The molecule has 1 aromatic heterocycles. The maximum absolute atomic E-state index is 6.18. The fourth-order valence-corrected chi connectivity index (χ4v) is 2.36. The minimum absolute atomic E-state index is 0.650. The summed E-state index contributed by atoms with van der Waals surface area (Å²) >= 11 is 6.18. The van der Waals surface area contributed by atoms with Gasteiger partial charge in [-0.25, -0.2) is 9.97 Å². The van der Waals surface area contributed by atoms with E-state index in [9.17, 15) is 0 Å². The van der Waals surface area contributed by atoms with Crippen molar-refractivity contribution in [2.45, 2.75) is 13.8 Å². The molecule has 0 radical (unpaired) electrons. The topological polar surface area (TPSA) is 49.8 Å². The van der Waals surface area contributed by atoms with Crippen LogP contribution in [0.4, 0.5) is 23.0 Å². The second-order valence-corrected chi connectivity index (χ2v) is 5.69. The van der Waals surface area contributed by atoms with Crippen LogP contribution < -0.4 is 10.6 Å². The molecule has 0 aliphatic rings. The predicted molar refractivity (Wildman–Crippen MR) is 96.0 cm³/mol. The molecule has 0 bridgehead atoms. The number of nitrogens with one attached hydrogen (secondary N) is 2. The summed E-state index contributed by atoms with van der Waals surface area (Å²) in [5, 5.41) is 7.16. The Balaban J connectivity index is 1.84. The third kappa shape index (κ3) is 3.99. The van der Waals surface area contributed by atoms with Crippen LogP contribution in [0.3, 0.4) is 0 Å². The Hall–Kier alpha value is -2.59. The van der Waals surface area contributed by atoms with Crippen LogP contribution in [-0.4, -0.2) is 9.97 Å². The van der Waals surface area contributed by atoms with Crippen LogP contribution in [0, 0.1) is 13.8 Å². The number of aryl methyl sites for hydroxylation is 2. The summed E-state index contributed by atoms with van der Waals surface area (Å²) < 4.78 is 0. The Bertz CT molecular complexity index is 816. The first-order valence-electron chi connectivity index (χ1n) is 7.31. The molecule has 0 amide bonds. The Labute approximate surface area is 140 Å². The van der Waals surface area contributed by atoms with E-state index in [0.29, 0.717) is 16.7 Å².